The third-order valence-corrected chi connectivity index (χ3v) is 4.53. The number of hydrogen-bond donors (Lipinski definition) is 1. The van der Waals surface area contributed by atoms with E-state index in [0.717, 1.165) is 30.8 Å². The summed E-state index contributed by atoms with van der Waals surface area (Å²) in [5.41, 5.74) is 0. The Bertz CT molecular complexity index is 284. The number of nitrogens with one attached hydrogen (secondary N) is 1. The normalized spacial score (nSPS) is 32.9. The van der Waals surface area contributed by atoms with Crippen LogP contribution < -0.4 is 5.32 Å². The molecule has 17 heavy (non-hydrogen) atoms. The van der Waals surface area contributed by atoms with E-state index >= 15 is 0 Å². The lowest BCUT2D eigenvalue weighted by Gasteiger charge is -2.28. The van der Waals surface area contributed by atoms with Crippen molar-refractivity contribution in [1.29, 1.82) is 5.26 Å². The zero-order valence-corrected chi connectivity index (χ0v) is 11.2. The number of nitrogens with zero attached hydrogens (tertiary/aromatic N) is 2. The van der Waals surface area contributed by atoms with Gasteiger partial charge in [-0.3, -0.25) is 0 Å². The largest absolute Gasteiger partial charge is 0.303 e. The summed E-state index contributed by atoms with van der Waals surface area (Å²) in [5.74, 6) is 2.92. The van der Waals surface area contributed by atoms with Crippen LogP contribution >= 0.6 is 0 Å². The molecule has 3 nitrogen and oxygen atoms in total. The number of likely N-dealkylation sites (N-methyl/N-ethyl adjacent to an activating group) is 2. The lowest BCUT2D eigenvalue weighted by Crippen LogP contribution is -2.40. The molecule has 0 aromatic heterocycles. The first kappa shape index (κ1) is 12.9. The Hall–Kier alpha value is -0.590. The Balaban J connectivity index is 1.73. The molecule has 2 rings (SSSR count). The molecule has 2 bridgehead atoms. The monoisotopic (exact) mass is 235 g/mol. The maximum absolute atomic E-state index is 9.03. The molecule has 96 valence electrons. The van der Waals surface area contributed by atoms with E-state index in [4.69, 9.17) is 5.26 Å². The van der Waals surface area contributed by atoms with Crippen LogP contribution in [0.15, 0.2) is 0 Å². The zero-order chi connectivity index (χ0) is 12.3. The molecule has 4 atom stereocenters. The minimum atomic E-state index is -0.0106. The Kier molecular flexibility index (Phi) is 4.42. The molecular weight excluding hydrogens is 210 g/mol. The van der Waals surface area contributed by atoms with Crippen molar-refractivity contribution >= 4 is 0 Å². The Morgan fingerprint density at radius 3 is 2.76 bits per heavy atom. The van der Waals surface area contributed by atoms with Crippen LogP contribution in [0.25, 0.3) is 0 Å². The van der Waals surface area contributed by atoms with Gasteiger partial charge in [-0.25, -0.2) is 0 Å². The summed E-state index contributed by atoms with van der Waals surface area (Å²) in [6.45, 7) is 4.98. The van der Waals surface area contributed by atoms with Gasteiger partial charge in [0.15, 0.2) is 0 Å². The van der Waals surface area contributed by atoms with Crippen molar-refractivity contribution in [1.82, 2.24) is 10.2 Å². The van der Waals surface area contributed by atoms with Crippen molar-refractivity contribution in [3.05, 3.63) is 0 Å². The van der Waals surface area contributed by atoms with Gasteiger partial charge < -0.3 is 10.2 Å². The molecule has 0 radical (unpaired) electrons. The van der Waals surface area contributed by atoms with Gasteiger partial charge in [0.1, 0.15) is 6.04 Å². The maximum atomic E-state index is 9.03. The highest BCUT2D eigenvalue weighted by molar-refractivity contribution is 4.94. The van der Waals surface area contributed by atoms with Crippen LogP contribution in [0.4, 0.5) is 0 Å². The maximum Gasteiger partial charge on any atom is 0.108 e. The molecule has 0 aromatic rings. The first-order valence-electron chi connectivity index (χ1n) is 7.04. The van der Waals surface area contributed by atoms with Crippen molar-refractivity contribution < 1.29 is 0 Å². The van der Waals surface area contributed by atoms with Gasteiger partial charge in [0, 0.05) is 13.1 Å². The third kappa shape index (κ3) is 3.20. The van der Waals surface area contributed by atoms with Crippen LogP contribution in [0.3, 0.4) is 0 Å². The van der Waals surface area contributed by atoms with Crippen molar-refractivity contribution in [3.8, 4) is 6.07 Å². The molecule has 1 N–H and O–H groups in total. The van der Waals surface area contributed by atoms with Gasteiger partial charge in [0.2, 0.25) is 0 Å². The molecule has 0 amide bonds. The summed E-state index contributed by atoms with van der Waals surface area (Å²) < 4.78 is 0. The topological polar surface area (TPSA) is 39.1 Å². The Morgan fingerprint density at radius 1 is 1.41 bits per heavy atom. The van der Waals surface area contributed by atoms with Crippen LogP contribution in [0.1, 0.15) is 32.6 Å². The molecule has 0 saturated heterocycles. The molecule has 2 aliphatic rings. The molecule has 0 heterocycles. The number of hydrogen-bond acceptors (Lipinski definition) is 3. The van der Waals surface area contributed by atoms with E-state index in [1.165, 1.54) is 32.2 Å². The number of rotatable bonds is 6. The fraction of sp³-hybridized carbons (Fsp3) is 0.929. The van der Waals surface area contributed by atoms with Gasteiger partial charge in [-0.1, -0.05) is 13.3 Å². The van der Waals surface area contributed by atoms with Crippen molar-refractivity contribution in [2.45, 2.75) is 38.6 Å². The van der Waals surface area contributed by atoms with E-state index in [1.54, 1.807) is 0 Å². The van der Waals surface area contributed by atoms with E-state index in [2.05, 4.69) is 30.3 Å². The van der Waals surface area contributed by atoms with Crippen molar-refractivity contribution in [3.63, 3.8) is 0 Å². The highest BCUT2D eigenvalue weighted by Crippen LogP contribution is 2.48. The first-order valence-corrected chi connectivity index (χ1v) is 7.04. The van der Waals surface area contributed by atoms with E-state index in [1.807, 2.05) is 0 Å². The Labute approximate surface area is 105 Å². The molecule has 2 aliphatic carbocycles. The molecule has 0 spiro atoms. The molecule has 2 saturated carbocycles. The molecule has 0 aliphatic heterocycles. The lowest BCUT2D eigenvalue weighted by atomic mass is 9.88. The average molecular weight is 235 g/mol. The summed E-state index contributed by atoms with van der Waals surface area (Å²) in [6, 6.07) is 2.33. The third-order valence-electron chi connectivity index (χ3n) is 4.53. The van der Waals surface area contributed by atoms with Gasteiger partial charge in [-0.15, -0.1) is 0 Å². The molecule has 4 unspecified atom stereocenters. The second-order valence-corrected chi connectivity index (χ2v) is 5.90. The average Bonchev–Trinajstić information content (AvgIpc) is 2.90. The first-order chi connectivity index (χ1) is 8.22. The second-order valence-electron chi connectivity index (χ2n) is 5.90. The Morgan fingerprint density at radius 2 is 2.24 bits per heavy atom. The standard InChI is InChI=1S/C14H25N3/c1-3-16-14(8-15)10-17(2)9-13-7-11-4-5-12(13)6-11/h11-14,16H,3-7,9-10H2,1-2H3. The smallest absolute Gasteiger partial charge is 0.108 e. The lowest BCUT2D eigenvalue weighted by molar-refractivity contribution is 0.212. The highest BCUT2D eigenvalue weighted by atomic mass is 15.1. The minimum Gasteiger partial charge on any atom is -0.303 e. The van der Waals surface area contributed by atoms with Gasteiger partial charge in [0.25, 0.3) is 0 Å². The van der Waals surface area contributed by atoms with Crippen LogP contribution in [-0.2, 0) is 0 Å². The summed E-state index contributed by atoms with van der Waals surface area (Å²) in [5, 5.41) is 12.3. The van der Waals surface area contributed by atoms with Gasteiger partial charge in [-0.2, -0.15) is 5.26 Å². The summed E-state index contributed by atoms with van der Waals surface area (Å²) in [4.78, 5) is 2.35. The summed E-state index contributed by atoms with van der Waals surface area (Å²) >= 11 is 0. The van der Waals surface area contributed by atoms with Gasteiger partial charge in [-0.05, 0) is 50.6 Å². The summed E-state index contributed by atoms with van der Waals surface area (Å²) in [6.07, 6.45) is 5.85. The van der Waals surface area contributed by atoms with E-state index in [0.29, 0.717) is 0 Å². The fourth-order valence-corrected chi connectivity index (χ4v) is 3.78. The van der Waals surface area contributed by atoms with Crippen LogP contribution in [0, 0.1) is 29.1 Å². The van der Waals surface area contributed by atoms with Crippen LogP contribution in [0.5, 0.6) is 0 Å². The van der Waals surface area contributed by atoms with E-state index in [9.17, 15) is 0 Å². The zero-order valence-electron chi connectivity index (χ0n) is 11.2. The molecule has 0 aromatic carbocycles. The van der Waals surface area contributed by atoms with E-state index in [-0.39, 0.29) is 6.04 Å². The van der Waals surface area contributed by atoms with Crippen molar-refractivity contribution in [2.75, 3.05) is 26.7 Å². The predicted molar refractivity (Wildman–Crippen MR) is 69.5 cm³/mol. The molecule has 2 fully saturated rings. The second kappa shape index (κ2) is 5.84. The van der Waals surface area contributed by atoms with Gasteiger partial charge in [0.05, 0.1) is 6.07 Å². The number of fused-ring (bicyclic) bond motifs is 2. The SMILES string of the molecule is CCNC(C#N)CN(C)CC1CC2CCC1C2. The van der Waals surface area contributed by atoms with Crippen LogP contribution in [-0.4, -0.2) is 37.6 Å². The molecular formula is C14H25N3. The highest BCUT2D eigenvalue weighted by Gasteiger charge is 2.39. The van der Waals surface area contributed by atoms with Crippen LogP contribution in [0.2, 0.25) is 0 Å². The molecule has 3 heteroatoms. The minimum absolute atomic E-state index is 0.0106. The van der Waals surface area contributed by atoms with Gasteiger partial charge >= 0.3 is 0 Å². The summed E-state index contributed by atoms with van der Waals surface area (Å²) in [7, 11) is 2.16. The quantitative estimate of drug-likeness (QED) is 0.764. The number of nitriles is 1. The van der Waals surface area contributed by atoms with Crippen molar-refractivity contribution in [2.24, 2.45) is 17.8 Å². The fourth-order valence-electron chi connectivity index (χ4n) is 3.78. The van der Waals surface area contributed by atoms with E-state index < -0.39 is 0 Å². The predicted octanol–water partition coefficient (Wildman–Crippen LogP) is 1.86.